The molecule has 0 saturated heterocycles. The number of benzene rings is 6. The normalized spacial score (nSPS) is 10.5. The van der Waals surface area contributed by atoms with Crippen LogP contribution in [0.5, 0.6) is 46.0 Å². The van der Waals surface area contributed by atoms with Gasteiger partial charge in [-0.3, -0.25) is 0 Å². The minimum absolute atomic E-state index is 0.542. The van der Waals surface area contributed by atoms with Crippen molar-refractivity contribution in [1.29, 1.82) is 0 Å². The van der Waals surface area contributed by atoms with Gasteiger partial charge in [0.2, 0.25) is 0 Å². The Kier molecular flexibility index (Phi) is 7.40. The van der Waals surface area contributed by atoms with E-state index < -0.39 is 0 Å². The lowest BCUT2D eigenvalue weighted by molar-refractivity contribution is 0.383. The van der Waals surface area contributed by atoms with Crippen LogP contribution in [-0.4, -0.2) is 0 Å². The van der Waals surface area contributed by atoms with Crippen LogP contribution >= 0.6 is 0 Å². The molecular weight excluding hydrogens is 496 g/mol. The van der Waals surface area contributed by atoms with Gasteiger partial charge in [0.05, 0.1) is 0 Å². The van der Waals surface area contributed by atoms with Crippen molar-refractivity contribution in [2.75, 3.05) is 0 Å². The number of hydrogen-bond donors (Lipinski definition) is 0. The average Bonchev–Trinajstić information content (AvgIpc) is 3.01. The molecule has 6 rings (SSSR count). The molecule has 6 aromatic carbocycles. The van der Waals surface area contributed by atoms with Crippen molar-refractivity contribution >= 4 is 0 Å². The molecule has 40 heavy (non-hydrogen) atoms. The molecule has 194 valence electrons. The van der Waals surface area contributed by atoms with Gasteiger partial charge < -0.3 is 18.9 Å². The molecule has 0 radical (unpaired) electrons. The number of rotatable bonds is 9. The highest BCUT2D eigenvalue weighted by Gasteiger charge is 2.18. The van der Waals surface area contributed by atoms with Gasteiger partial charge in [0.1, 0.15) is 11.5 Å². The fourth-order valence-electron chi connectivity index (χ4n) is 4.24. The second-order valence-electron chi connectivity index (χ2n) is 8.93. The van der Waals surface area contributed by atoms with Crippen LogP contribution in [0.4, 0.5) is 0 Å². The number of hydrogen-bond acceptors (Lipinski definition) is 4. The number of para-hydroxylation sites is 7. The highest BCUT2D eigenvalue weighted by atomic mass is 16.6. The Morgan fingerprint density at radius 3 is 1.20 bits per heavy atom. The third-order valence-corrected chi connectivity index (χ3v) is 6.14. The quantitative estimate of drug-likeness (QED) is 0.189. The van der Waals surface area contributed by atoms with Gasteiger partial charge in [-0.05, 0) is 60.2 Å². The second-order valence-corrected chi connectivity index (χ2v) is 8.93. The highest BCUT2D eigenvalue weighted by Crippen LogP contribution is 2.46. The zero-order valence-corrected chi connectivity index (χ0v) is 21.6. The third-order valence-electron chi connectivity index (χ3n) is 6.14. The van der Waals surface area contributed by atoms with Gasteiger partial charge in [-0.2, -0.15) is 0 Å². The van der Waals surface area contributed by atoms with Crippen molar-refractivity contribution in [2.24, 2.45) is 0 Å². The highest BCUT2D eigenvalue weighted by molar-refractivity contribution is 5.75. The lowest BCUT2D eigenvalue weighted by Crippen LogP contribution is -1.96. The zero-order chi connectivity index (χ0) is 27.0. The maximum atomic E-state index is 6.64. The Balaban J connectivity index is 1.40. The van der Waals surface area contributed by atoms with Gasteiger partial charge in [0.15, 0.2) is 34.5 Å². The smallest absolute Gasteiger partial charge is 0.177 e. The molecule has 4 heteroatoms. The van der Waals surface area contributed by atoms with E-state index in [2.05, 4.69) is 0 Å². The summed E-state index contributed by atoms with van der Waals surface area (Å²) in [6.07, 6.45) is 0. The molecule has 0 atom stereocenters. The maximum absolute atomic E-state index is 6.64. The van der Waals surface area contributed by atoms with Crippen molar-refractivity contribution in [3.8, 4) is 57.1 Å². The van der Waals surface area contributed by atoms with E-state index in [1.807, 2.05) is 158 Å². The lowest BCUT2D eigenvalue weighted by atomic mass is 10.0. The molecule has 0 aliphatic rings. The fraction of sp³-hybridized carbons (Fsp3) is 0. The van der Waals surface area contributed by atoms with E-state index in [0.717, 1.165) is 22.6 Å². The van der Waals surface area contributed by atoms with Crippen LogP contribution in [0.15, 0.2) is 158 Å². The molecule has 0 aromatic heterocycles. The molecule has 0 fully saturated rings. The zero-order valence-electron chi connectivity index (χ0n) is 21.6. The molecule has 0 unspecified atom stereocenters. The average molecular weight is 523 g/mol. The predicted octanol–water partition coefficient (Wildman–Crippen LogP) is 10.5. The summed E-state index contributed by atoms with van der Waals surface area (Å²) in [5.41, 5.74) is 1.88. The molecule has 0 aliphatic heterocycles. The van der Waals surface area contributed by atoms with Gasteiger partial charge in [-0.15, -0.1) is 0 Å². The van der Waals surface area contributed by atoms with E-state index in [0.29, 0.717) is 34.5 Å². The van der Waals surface area contributed by atoms with Crippen molar-refractivity contribution in [3.05, 3.63) is 158 Å². The molecule has 6 aromatic rings. The summed E-state index contributed by atoms with van der Waals surface area (Å²) >= 11 is 0. The largest absolute Gasteiger partial charge is 0.453 e. The molecule has 0 bridgehead atoms. The van der Waals surface area contributed by atoms with E-state index in [1.165, 1.54) is 0 Å². The standard InChI is InChI=1S/C36H26O4/c1-4-15-27(16-5-1)30-21-14-26-35(39-33-24-12-10-22-31(33)37-28-17-6-2-7-18-28)36(30)40-34-25-13-11-23-32(34)38-29-19-8-3-9-20-29/h1-26H. The van der Waals surface area contributed by atoms with Crippen molar-refractivity contribution in [2.45, 2.75) is 0 Å². The Labute approximate surface area is 233 Å². The summed E-state index contributed by atoms with van der Waals surface area (Å²) in [4.78, 5) is 0. The summed E-state index contributed by atoms with van der Waals surface area (Å²) in [6.45, 7) is 0. The monoisotopic (exact) mass is 522 g/mol. The molecule has 0 aliphatic carbocycles. The Bertz CT molecular complexity index is 1680. The summed E-state index contributed by atoms with van der Waals surface area (Å²) < 4.78 is 25.5. The van der Waals surface area contributed by atoms with E-state index in [-0.39, 0.29) is 0 Å². The van der Waals surface area contributed by atoms with Gasteiger partial charge in [0.25, 0.3) is 0 Å². The topological polar surface area (TPSA) is 36.9 Å². The summed E-state index contributed by atoms with van der Waals surface area (Å²) in [5, 5.41) is 0. The minimum Gasteiger partial charge on any atom is -0.453 e. The van der Waals surface area contributed by atoms with Crippen molar-refractivity contribution in [1.82, 2.24) is 0 Å². The molecule has 4 nitrogen and oxygen atoms in total. The van der Waals surface area contributed by atoms with Crippen LogP contribution in [0.2, 0.25) is 0 Å². The summed E-state index contributed by atoms with van der Waals surface area (Å²) in [5.74, 6) is 4.86. The first kappa shape index (κ1) is 24.8. The van der Waals surface area contributed by atoms with Crippen LogP contribution in [0.25, 0.3) is 11.1 Å². The maximum Gasteiger partial charge on any atom is 0.177 e. The van der Waals surface area contributed by atoms with E-state index >= 15 is 0 Å². The van der Waals surface area contributed by atoms with E-state index in [1.54, 1.807) is 0 Å². The summed E-state index contributed by atoms with van der Waals surface area (Å²) in [7, 11) is 0. The first-order valence-corrected chi connectivity index (χ1v) is 13.0. The van der Waals surface area contributed by atoms with Crippen molar-refractivity contribution in [3.63, 3.8) is 0 Å². The third kappa shape index (κ3) is 5.82. The Morgan fingerprint density at radius 2 is 0.675 bits per heavy atom. The Morgan fingerprint density at radius 1 is 0.275 bits per heavy atom. The molecule has 0 amide bonds. The van der Waals surface area contributed by atoms with Gasteiger partial charge >= 0.3 is 0 Å². The molecule has 0 N–H and O–H groups in total. The van der Waals surface area contributed by atoms with Crippen LogP contribution in [0.1, 0.15) is 0 Å². The van der Waals surface area contributed by atoms with Gasteiger partial charge in [0, 0.05) is 5.56 Å². The van der Waals surface area contributed by atoms with E-state index in [4.69, 9.17) is 18.9 Å². The Hall–Kier alpha value is -5.48. The van der Waals surface area contributed by atoms with Crippen LogP contribution in [0.3, 0.4) is 0 Å². The van der Waals surface area contributed by atoms with Gasteiger partial charge in [-0.25, -0.2) is 0 Å². The molecular formula is C36H26O4. The second kappa shape index (κ2) is 11.9. The predicted molar refractivity (Wildman–Crippen MR) is 158 cm³/mol. The van der Waals surface area contributed by atoms with E-state index in [9.17, 15) is 0 Å². The first-order valence-electron chi connectivity index (χ1n) is 13.0. The first-order chi connectivity index (χ1) is 19.8. The van der Waals surface area contributed by atoms with Crippen molar-refractivity contribution < 1.29 is 18.9 Å². The van der Waals surface area contributed by atoms with Gasteiger partial charge in [-0.1, -0.05) is 103 Å². The number of ether oxygens (including phenoxy) is 4. The fourth-order valence-corrected chi connectivity index (χ4v) is 4.24. The molecule has 0 saturated carbocycles. The molecule has 0 heterocycles. The van der Waals surface area contributed by atoms with Crippen LogP contribution in [0, 0.1) is 0 Å². The van der Waals surface area contributed by atoms with Crippen LogP contribution in [-0.2, 0) is 0 Å². The summed E-state index contributed by atoms with van der Waals surface area (Å²) in [6, 6.07) is 50.4. The van der Waals surface area contributed by atoms with Crippen LogP contribution < -0.4 is 18.9 Å². The minimum atomic E-state index is 0.542. The SMILES string of the molecule is c1ccc(Oc2ccccc2Oc2cccc(-c3ccccc3)c2Oc2ccccc2Oc2ccccc2)cc1. The molecule has 0 spiro atoms. The lowest BCUT2D eigenvalue weighted by Gasteiger charge is -2.19.